The Morgan fingerprint density at radius 2 is 1.77 bits per heavy atom. The highest BCUT2D eigenvalue weighted by Gasteiger charge is 2.03. The number of benzene rings is 2. The first-order valence-corrected chi connectivity index (χ1v) is 7.74. The second-order valence-corrected chi connectivity index (χ2v) is 5.78. The Bertz CT molecular complexity index is 669. The van der Waals surface area contributed by atoms with Gasteiger partial charge in [-0.25, -0.2) is 0 Å². The molecule has 0 saturated heterocycles. The van der Waals surface area contributed by atoms with Crippen molar-refractivity contribution in [3.05, 3.63) is 58.6 Å². The van der Waals surface area contributed by atoms with Gasteiger partial charge in [-0.15, -0.1) is 0 Å². The average molecular weight is 361 g/mol. The summed E-state index contributed by atoms with van der Waals surface area (Å²) >= 11 is 3.36. The number of nitrogens with one attached hydrogen (secondary N) is 2. The van der Waals surface area contributed by atoms with Gasteiger partial charge in [0.15, 0.2) is 5.78 Å². The van der Waals surface area contributed by atoms with Gasteiger partial charge in [-0.2, -0.15) is 0 Å². The number of hydrogen-bond donors (Lipinski definition) is 2. The molecule has 0 aliphatic carbocycles. The molecule has 0 atom stereocenters. The van der Waals surface area contributed by atoms with E-state index in [0.29, 0.717) is 18.5 Å². The zero-order valence-electron chi connectivity index (χ0n) is 12.2. The van der Waals surface area contributed by atoms with Crippen LogP contribution >= 0.6 is 15.9 Å². The summed E-state index contributed by atoms with van der Waals surface area (Å²) in [6.07, 6.45) is 0.362. The van der Waals surface area contributed by atoms with E-state index in [2.05, 4.69) is 26.6 Å². The fraction of sp³-hybridized carbons (Fsp3) is 0.176. The van der Waals surface area contributed by atoms with Gasteiger partial charge in [0.2, 0.25) is 5.91 Å². The Balaban J connectivity index is 1.78. The van der Waals surface area contributed by atoms with Crippen molar-refractivity contribution in [3.8, 4) is 0 Å². The summed E-state index contributed by atoms with van der Waals surface area (Å²) in [6.45, 7) is 2.06. The molecular weight excluding hydrogens is 344 g/mol. The van der Waals surface area contributed by atoms with Gasteiger partial charge in [-0.1, -0.05) is 22.0 Å². The summed E-state index contributed by atoms with van der Waals surface area (Å²) in [4.78, 5) is 23.0. The highest BCUT2D eigenvalue weighted by molar-refractivity contribution is 9.10. The van der Waals surface area contributed by atoms with Crippen LogP contribution in [-0.2, 0) is 4.79 Å². The second-order valence-electron chi connectivity index (χ2n) is 4.87. The molecule has 0 aliphatic rings. The molecule has 2 aromatic carbocycles. The molecule has 2 aromatic rings. The second kappa shape index (κ2) is 7.75. The first kappa shape index (κ1) is 16.2. The predicted octanol–water partition coefficient (Wildman–Crippen LogP) is 4.09. The topological polar surface area (TPSA) is 58.2 Å². The fourth-order valence-corrected chi connectivity index (χ4v) is 2.33. The third-order valence-electron chi connectivity index (χ3n) is 3.08. The normalized spacial score (nSPS) is 10.1. The highest BCUT2D eigenvalue weighted by Crippen LogP contribution is 2.16. The molecule has 0 aromatic heterocycles. The minimum absolute atomic E-state index is 0.0416. The summed E-state index contributed by atoms with van der Waals surface area (Å²) in [5, 5.41) is 6.00. The van der Waals surface area contributed by atoms with E-state index in [1.807, 2.05) is 36.4 Å². The molecule has 0 heterocycles. The molecule has 0 radical (unpaired) electrons. The maximum absolute atomic E-state index is 11.8. The van der Waals surface area contributed by atoms with E-state index < -0.39 is 0 Å². The molecule has 0 spiro atoms. The lowest BCUT2D eigenvalue weighted by molar-refractivity contribution is -0.115. The summed E-state index contributed by atoms with van der Waals surface area (Å²) in [7, 11) is 0. The number of carbonyl (C=O) groups is 2. The highest BCUT2D eigenvalue weighted by atomic mass is 79.9. The lowest BCUT2D eigenvalue weighted by atomic mass is 10.1. The van der Waals surface area contributed by atoms with E-state index >= 15 is 0 Å². The number of anilines is 2. The lowest BCUT2D eigenvalue weighted by Crippen LogP contribution is -2.16. The maximum Gasteiger partial charge on any atom is 0.226 e. The van der Waals surface area contributed by atoms with E-state index in [1.165, 1.54) is 6.92 Å². The van der Waals surface area contributed by atoms with Crippen molar-refractivity contribution in [2.75, 3.05) is 17.2 Å². The molecule has 0 aliphatic heterocycles. The lowest BCUT2D eigenvalue weighted by Gasteiger charge is -2.08. The summed E-state index contributed by atoms with van der Waals surface area (Å²) in [5.41, 5.74) is 2.34. The monoisotopic (exact) mass is 360 g/mol. The van der Waals surface area contributed by atoms with E-state index in [1.54, 1.807) is 12.1 Å². The Labute approximate surface area is 138 Å². The van der Waals surface area contributed by atoms with Crippen LogP contribution in [0.15, 0.2) is 53.0 Å². The van der Waals surface area contributed by atoms with Gasteiger partial charge in [0.05, 0.1) is 0 Å². The number of Topliss-reactive ketones (excluding diaryl/α,β-unsaturated/α-hetero) is 1. The van der Waals surface area contributed by atoms with Crippen molar-refractivity contribution in [3.63, 3.8) is 0 Å². The van der Waals surface area contributed by atoms with Crippen LogP contribution in [0.4, 0.5) is 11.4 Å². The Kier molecular flexibility index (Phi) is 5.72. The molecule has 0 bridgehead atoms. The van der Waals surface area contributed by atoms with Crippen LogP contribution in [0.25, 0.3) is 0 Å². The first-order valence-electron chi connectivity index (χ1n) is 6.95. The third kappa shape index (κ3) is 5.00. The number of carbonyl (C=O) groups excluding carboxylic acids is 2. The SMILES string of the molecule is CC(=O)c1ccc(NCCC(=O)Nc2cccc(Br)c2)cc1. The third-order valence-corrected chi connectivity index (χ3v) is 3.57. The van der Waals surface area contributed by atoms with Gasteiger partial charge < -0.3 is 10.6 Å². The van der Waals surface area contributed by atoms with Gasteiger partial charge in [-0.3, -0.25) is 9.59 Å². The predicted molar refractivity (Wildman–Crippen MR) is 92.3 cm³/mol. The molecule has 0 unspecified atom stereocenters. The average Bonchev–Trinajstić information content (AvgIpc) is 2.47. The van der Waals surface area contributed by atoms with Crippen molar-refractivity contribution < 1.29 is 9.59 Å². The molecule has 4 nitrogen and oxygen atoms in total. The molecule has 5 heteroatoms. The minimum atomic E-state index is -0.0500. The first-order chi connectivity index (χ1) is 10.5. The molecule has 0 saturated carbocycles. The summed E-state index contributed by atoms with van der Waals surface area (Å²) in [5.74, 6) is -0.00842. The van der Waals surface area contributed by atoms with E-state index in [4.69, 9.17) is 0 Å². The van der Waals surface area contributed by atoms with Crippen molar-refractivity contribution in [2.24, 2.45) is 0 Å². The Morgan fingerprint density at radius 3 is 2.41 bits per heavy atom. The number of hydrogen-bond acceptors (Lipinski definition) is 3. The number of ketones is 1. The molecule has 1 amide bonds. The number of amides is 1. The largest absolute Gasteiger partial charge is 0.385 e. The van der Waals surface area contributed by atoms with Crippen LogP contribution in [0.5, 0.6) is 0 Å². The number of halogens is 1. The van der Waals surface area contributed by atoms with Gasteiger partial charge in [0.1, 0.15) is 0 Å². The molecule has 22 heavy (non-hydrogen) atoms. The summed E-state index contributed by atoms with van der Waals surface area (Å²) < 4.78 is 0.925. The van der Waals surface area contributed by atoms with Gasteiger partial charge in [0.25, 0.3) is 0 Å². The molecule has 0 fully saturated rings. The van der Waals surface area contributed by atoms with Crippen molar-refractivity contribution in [1.29, 1.82) is 0 Å². The Morgan fingerprint density at radius 1 is 1.05 bits per heavy atom. The van der Waals surface area contributed by atoms with Gasteiger partial charge in [-0.05, 0) is 49.4 Å². The van der Waals surface area contributed by atoms with Crippen molar-refractivity contribution >= 4 is 39.0 Å². The van der Waals surface area contributed by atoms with Crippen LogP contribution in [0.1, 0.15) is 23.7 Å². The maximum atomic E-state index is 11.8. The number of rotatable bonds is 6. The van der Waals surface area contributed by atoms with E-state index in [0.717, 1.165) is 15.8 Å². The molecule has 2 N–H and O–H groups in total. The molecule has 2 rings (SSSR count). The standard InChI is InChI=1S/C17H17BrN2O2/c1-12(21)13-5-7-15(8-6-13)19-10-9-17(22)20-16-4-2-3-14(18)11-16/h2-8,11,19H,9-10H2,1H3,(H,20,22). The van der Waals surface area contributed by atoms with Gasteiger partial charge in [0, 0.05) is 34.4 Å². The van der Waals surface area contributed by atoms with E-state index in [9.17, 15) is 9.59 Å². The zero-order valence-corrected chi connectivity index (χ0v) is 13.8. The quantitative estimate of drug-likeness (QED) is 0.762. The van der Waals surface area contributed by atoms with Crippen molar-refractivity contribution in [1.82, 2.24) is 0 Å². The van der Waals surface area contributed by atoms with Crippen LogP contribution in [-0.4, -0.2) is 18.2 Å². The minimum Gasteiger partial charge on any atom is -0.385 e. The Hall–Kier alpha value is -2.14. The van der Waals surface area contributed by atoms with Crippen LogP contribution in [0.2, 0.25) is 0 Å². The molecule has 114 valence electrons. The zero-order chi connectivity index (χ0) is 15.9. The van der Waals surface area contributed by atoms with Gasteiger partial charge >= 0.3 is 0 Å². The van der Waals surface area contributed by atoms with Crippen LogP contribution in [0, 0.1) is 0 Å². The van der Waals surface area contributed by atoms with Crippen molar-refractivity contribution in [2.45, 2.75) is 13.3 Å². The van der Waals surface area contributed by atoms with Crippen LogP contribution in [0.3, 0.4) is 0 Å². The van der Waals surface area contributed by atoms with E-state index in [-0.39, 0.29) is 11.7 Å². The summed E-state index contributed by atoms with van der Waals surface area (Å²) in [6, 6.07) is 14.7. The molecular formula is C17H17BrN2O2. The smallest absolute Gasteiger partial charge is 0.226 e. The van der Waals surface area contributed by atoms with Crippen LogP contribution < -0.4 is 10.6 Å². The fourth-order valence-electron chi connectivity index (χ4n) is 1.93.